The number of methoxy groups -OCH3 is 1. The molecular formula is C12H18N2O2. The summed E-state index contributed by atoms with van der Waals surface area (Å²) in [5.41, 5.74) is 2.08. The fraction of sp³-hybridized carbons (Fsp3) is 0.583. The highest BCUT2D eigenvalue weighted by molar-refractivity contribution is 5.24. The summed E-state index contributed by atoms with van der Waals surface area (Å²) in [6.07, 6.45) is 1.45. The van der Waals surface area contributed by atoms with Crippen molar-refractivity contribution in [1.29, 1.82) is 0 Å². The largest absolute Gasteiger partial charge is 0.481 e. The summed E-state index contributed by atoms with van der Waals surface area (Å²) < 4.78 is 10.9. The van der Waals surface area contributed by atoms with Crippen molar-refractivity contribution in [2.75, 3.05) is 20.2 Å². The van der Waals surface area contributed by atoms with Crippen molar-refractivity contribution in [1.82, 2.24) is 10.3 Å². The third-order valence-electron chi connectivity index (χ3n) is 2.70. The number of rotatable bonds is 4. The molecule has 1 fully saturated rings. The predicted molar refractivity (Wildman–Crippen MR) is 61.6 cm³/mol. The number of nitrogens with one attached hydrogen (secondary N) is 1. The molecule has 1 N–H and O–H groups in total. The van der Waals surface area contributed by atoms with E-state index in [9.17, 15) is 0 Å². The number of ether oxygens (including phenoxy) is 2. The molecule has 1 aliphatic heterocycles. The lowest BCUT2D eigenvalue weighted by molar-refractivity contribution is 0.0540. The van der Waals surface area contributed by atoms with Crippen LogP contribution in [0.1, 0.15) is 17.7 Å². The van der Waals surface area contributed by atoms with Gasteiger partial charge in [-0.3, -0.25) is 0 Å². The Kier molecular flexibility index (Phi) is 3.74. The van der Waals surface area contributed by atoms with Gasteiger partial charge in [-0.25, -0.2) is 4.98 Å². The lowest BCUT2D eigenvalue weighted by atomic mass is 10.2. The first kappa shape index (κ1) is 11.4. The third kappa shape index (κ3) is 2.93. The summed E-state index contributed by atoms with van der Waals surface area (Å²) in [5.74, 6) is 0.656. The normalized spacial score (nSPS) is 20.0. The molecule has 1 saturated heterocycles. The molecule has 4 nitrogen and oxygen atoms in total. The first-order chi connectivity index (χ1) is 7.78. The van der Waals surface area contributed by atoms with Gasteiger partial charge in [-0.05, 0) is 31.5 Å². The zero-order valence-corrected chi connectivity index (χ0v) is 9.82. The van der Waals surface area contributed by atoms with Crippen molar-refractivity contribution >= 4 is 0 Å². The molecule has 0 aromatic carbocycles. The Bertz CT molecular complexity index is 349. The molecule has 0 spiro atoms. The van der Waals surface area contributed by atoms with Crippen LogP contribution in [0.2, 0.25) is 0 Å². The fourth-order valence-corrected chi connectivity index (χ4v) is 1.88. The minimum absolute atomic E-state index is 0.347. The van der Waals surface area contributed by atoms with Crippen LogP contribution in [0.25, 0.3) is 0 Å². The minimum Gasteiger partial charge on any atom is -0.481 e. The Morgan fingerprint density at radius 2 is 2.38 bits per heavy atom. The Morgan fingerprint density at radius 3 is 3.06 bits per heavy atom. The van der Waals surface area contributed by atoms with Crippen molar-refractivity contribution in [3.05, 3.63) is 23.4 Å². The van der Waals surface area contributed by atoms with Crippen LogP contribution < -0.4 is 10.1 Å². The quantitative estimate of drug-likeness (QED) is 0.833. The number of hydrogen-bond donors (Lipinski definition) is 1. The first-order valence-electron chi connectivity index (χ1n) is 5.62. The highest BCUT2D eigenvalue weighted by Gasteiger charge is 2.14. The van der Waals surface area contributed by atoms with Crippen LogP contribution in [0, 0.1) is 6.92 Å². The van der Waals surface area contributed by atoms with E-state index in [1.54, 1.807) is 7.11 Å². The molecule has 88 valence electrons. The summed E-state index contributed by atoms with van der Waals surface area (Å²) in [6, 6.07) is 3.96. The van der Waals surface area contributed by atoms with E-state index >= 15 is 0 Å². The SMILES string of the molecule is COc1cc(CO[C@@H]2CCNC2)cc(C)n1. The van der Waals surface area contributed by atoms with Gasteiger partial charge >= 0.3 is 0 Å². The van der Waals surface area contributed by atoms with E-state index in [2.05, 4.69) is 10.3 Å². The predicted octanol–water partition coefficient (Wildman–Crippen LogP) is 1.28. The standard InChI is InChI=1S/C12H18N2O2/c1-9-5-10(6-12(14-9)15-2)8-16-11-3-4-13-7-11/h5-6,11,13H,3-4,7-8H2,1-2H3/t11-/m1/s1. The average Bonchev–Trinajstić information content (AvgIpc) is 2.78. The minimum atomic E-state index is 0.347. The second-order valence-corrected chi connectivity index (χ2v) is 4.08. The summed E-state index contributed by atoms with van der Waals surface area (Å²) in [6.45, 7) is 4.61. The van der Waals surface area contributed by atoms with Gasteiger partial charge in [-0.15, -0.1) is 0 Å². The number of aryl methyl sites for hydroxylation is 1. The summed E-state index contributed by atoms with van der Waals surface area (Å²) in [5, 5.41) is 3.28. The van der Waals surface area contributed by atoms with Gasteiger partial charge < -0.3 is 14.8 Å². The van der Waals surface area contributed by atoms with Crippen LogP contribution in [0.4, 0.5) is 0 Å². The molecule has 0 unspecified atom stereocenters. The Balaban J connectivity index is 1.94. The van der Waals surface area contributed by atoms with Crippen molar-refractivity contribution in [3.8, 4) is 5.88 Å². The van der Waals surface area contributed by atoms with Crippen molar-refractivity contribution in [2.24, 2.45) is 0 Å². The topological polar surface area (TPSA) is 43.4 Å². The molecule has 1 atom stereocenters. The van der Waals surface area contributed by atoms with Crippen molar-refractivity contribution < 1.29 is 9.47 Å². The first-order valence-corrected chi connectivity index (χ1v) is 5.62. The molecule has 2 rings (SSSR count). The summed E-state index contributed by atoms with van der Waals surface area (Å²) >= 11 is 0. The molecule has 1 aromatic rings. The summed E-state index contributed by atoms with van der Waals surface area (Å²) in [7, 11) is 1.63. The zero-order valence-electron chi connectivity index (χ0n) is 9.82. The van der Waals surface area contributed by atoms with Crippen LogP contribution >= 0.6 is 0 Å². The van der Waals surface area contributed by atoms with Crippen LogP contribution in [0.3, 0.4) is 0 Å². The highest BCUT2D eigenvalue weighted by Crippen LogP contribution is 2.14. The molecule has 0 radical (unpaired) electrons. The van der Waals surface area contributed by atoms with Gasteiger partial charge in [-0.2, -0.15) is 0 Å². The number of aromatic nitrogens is 1. The smallest absolute Gasteiger partial charge is 0.213 e. The van der Waals surface area contributed by atoms with E-state index in [1.165, 1.54) is 0 Å². The van der Waals surface area contributed by atoms with Crippen LogP contribution in [0.5, 0.6) is 5.88 Å². The van der Waals surface area contributed by atoms with Gasteiger partial charge in [0.2, 0.25) is 5.88 Å². The zero-order chi connectivity index (χ0) is 11.4. The van der Waals surface area contributed by atoms with E-state index in [4.69, 9.17) is 9.47 Å². The maximum Gasteiger partial charge on any atom is 0.213 e. The molecule has 0 bridgehead atoms. The second kappa shape index (κ2) is 5.27. The summed E-state index contributed by atoms with van der Waals surface area (Å²) in [4.78, 5) is 4.24. The van der Waals surface area contributed by atoms with Crippen LogP contribution in [0.15, 0.2) is 12.1 Å². The van der Waals surface area contributed by atoms with Gasteiger partial charge in [0.1, 0.15) is 0 Å². The fourth-order valence-electron chi connectivity index (χ4n) is 1.88. The molecule has 0 saturated carbocycles. The molecule has 1 aliphatic rings. The third-order valence-corrected chi connectivity index (χ3v) is 2.70. The lowest BCUT2D eigenvalue weighted by Crippen LogP contribution is -2.16. The maximum absolute atomic E-state index is 5.80. The van der Waals surface area contributed by atoms with Gasteiger partial charge in [-0.1, -0.05) is 0 Å². The number of nitrogens with zero attached hydrogens (tertiary/aromatic N) is 1. The lowest BCUT2D eigenvalue weighted by Gasteiger charge is -2.11. The molecular weight excluding hydrogens is 204 g/mol. The van der Waals surface area contributed by atoms with E-state index in [0.29, 0.717) is 18.6 Å². The van der Waals surface area contributed by atoms with Gasteiger partial charge in [0.15, 0.2) is 0 Å². The molecule has 0 amide bonds. The van der Waals surface area contributed by atoms with Crippen molar-refractivity contribution in [3.63, 3.8) is 0 Å². The monoisotopic (exact) mass is 222 g/mol. The van der Waals surface area contributed by atoms with Crippen molar-refractivity contribution in [2.45, 2.75) is 26.1 Å². The van der Waals surface area contributed by atoms with E-state index in [0.717, 1.165) is 30.8 Å². The van der Waals surface area contributed by atoms with E-state index in [-0.39, 0.29) is 0 Å². The number of pyridine rings is 1. The Morgan fingerprint density at radius 1 is 1.50 bits per heavy atom. The molecule has 4 heteroatoms. The Hall–Kier alpha value is -1.13. The maximum atomic E-state index is 5.80. The molecule has 1 aromatic heterocycles. The average molecular weight is 222 g/mol. The van der Waals surface area contributed by atoms with E-state index < -0.39 is 0 Å². The molecule has 16 heavy (non-hydrogen) atoms. The molecule has 2 heterocycles. The van der Waals surface area contributed by atoms with Crippen LogP contribution in [-0.4, -0.2) is 31.3 Å². The van der Waals surface area contributed by atoms with Crippen LogP contribution in [-0.2, 0) is 11.3 Å². The second-order valence-electron chi connectivity index (χ2n) is 4.08. The van der Waals surface area contributed by atoms with Gasteiger partial charge in [0, 0.05) is 18.3 Å². The van der Waals surface area contributed by atoms with Gasteiger partial charge in [0.05, 0.1) is 19.8 Å². The number of hydrogen-bond acceptors (Lipinski definition) is 4. The van der Waals surface area contributed by atoms with E-state index in [1.807, 2.05) is 19.1 Å². The molecule has 0 aliphatic carbocycles. The Labute approximate surface area is 96.0 Å². The van der Waals surface area contributed by atoms with Gasteiger partial charge in [0.25, 0.3) is 0 Å². The highest BCUT2D eigenvalue weighted by atomic mass is 16.5.